The van der Waals surface area contributed by atoms with Crippen LogP contribution in [0.2, 0.25) is 0 Å². The minimum absolute atomic E-state index is 0.0833. The van der Waals surface area contributed by atoms with Gasteiger partial charge in [-0.25, -0.2) is 0 Å². The van der Waals surface area contributed by atoms with E-state index in [0.717, 1.165) is 28.1 Å². The van der Waals surface area contributed by atoms with E-state index in [0.29, 0.717) is 0 Å². The number of rotatable bonds is 5. The van der Waals surface area contributed by atoms with Crippen LogP contribution in [0.15, 0.2) is 78.9 Å². The molecule has 0 spiro atoms. The van der Waals surface area contributed by atoms with Gasteiger partial charge in [-0.2, -0.15) is 0 Å². The molecule has 1 amide bonds. The average molecular weight is 330 g/mol. The third kappa shape index (κ3) is 4.48. The molecule has 25 heavy (non-hydrogen) atoms. The number of nitrogens with one attached hydrogen (secondary N) is 2. The fourth-order valence-corrected chi connectivity index (χ4v) is 2.91. The van der Waals surface area contributed by atoms with E-state index in [1.807, 2.05) is 86.6 Å². The van der Waals surface area contributed by atoms with Gasteiger partial charge in [0.25, 0.3) is 5.91 Å². The van der Waals surface area contributed by atoms with Gasteiger partial charge < -0.3 is 10.6 Å². The molecule has 126 valence electrons. The van der Waals surface area contributed by atoms with Crippen molar-refractivity contribution < 1.29 is 4.79 Å². The molecule has 1 atom stereocenters. The number of benzene rings is 3. The number of carbonyl (C=O) groups excluding carboxylic acids is 1. The molecular formula is C22H22N2O. The van der Waals surface area contributed by atoms with Crippen LogP contribution in [0.25, 0.3) is 0 Å². The van der Waals surface area contributed by atoms with Crippen LogP contribution in [0.4, 0.5) is 11.4 Å². The van der Waals surface area contributed by atoms with Gasteiger partial charge in [0, 0.05) is 11.4 Å². The predicted molar refractivity (Wildman–Crippen MR) is 104 cm³/mol. The molecular weight excluding hydrogens is 308 g/mol. The van der Waals surface area contributed by atoms with Gasteiger partial charge in [-0.15, -0.1) is 0 Å². The largest absolute Gasteiger partial charge is 0.370 e. The normalized spacial score (nSPS) is 11.6. The molecule has 0 aromatic heterocycles. The van der Waals surface area contributed by atoms with E-state index in [9.17, 15) is 4.79 Å². The standard InChI is InChI=1S/C22H22N2O/c1-16-13-17(2)15-20(14-16)24-22(25)21(18-9-5-3-6-10-18)23-19-11-7-4-8-12-19/h3-15,21,23H,1-2H3,(H,24,25)/t21-/m0/s1. The summed E-state index contributed by atoms with van der Waals surface area (Å²) in [7, 11) is 0. The number of hydrogen-bond donors (Lipinski definition) is 2. The first-order valence-corrected chi connectivity index (χ1v) is 8.37. The summed E-state index contributed by atoms with van der Waals surface area (Å²) in [6, 6.07) is 25.1. The Balaban J connectivity index is 1.86. The second-order valence-electron chi connectivity index (χ2n) is 6.22. The zero-order valence-corrected chi connectivity index (χ0v) is 14.5. The molecule has 0 radical (unpaired) electrons. The van der Waals surface area contributed by atoms with Crippen LogP contribution in [0, 0.1) is 13.8 Å². The van der Waals surface area contributed by atoms with Crippen molar-refractivity contribution in [3.63, 3.8) is 0 Å². The molecule has 3 aromatic rings. The topological polar surface area (TPSA) is 41.1 Å². The summed E-state index contributed by atoms with van der Waals surface area (Å²) < 4.78 is 0. The molecule has 0 fully saturated rings. The average Bonchev–Trinajstić information content (AvgIpc) is 2.60. The van der Waals surface area contributed by atoms with Crippen molar-refractivity contribution in [2.45, 2.75) is 19.9 Å². The second kappa shape index (κ2) is 7.67. The lowest BCUT2D eigenvalue weighted by Gasteiger charge is -2.20. The van der Waals surface area contributed by atoms with Gasteiger partial charge in [-0.1, -0.05) is 54.6 Å². The van der Waals surface area contributed by atoms with Crippen LogP contribution in [0.3, 0.4) is 0 Å². The molecule has 0 saturated heterocycles. The summed E-state index contributed by atoms with van der Waals surface area (Å²) in [6.45, 7) is 4.05. The maximum Gasteiger partial charge on any atom is 0.251 e. The van der Waals surface area contributed by atoms with Gasteiger partial charge in [-0.05, 0) is 54.8 Å². The van der Waals surface area contributed by atoms with E-state index in [-0.39, 0.29) is 5.91 Å². The Bertz CT molecular complexity index is 824. The lowest BCUT2D eigenvalue weighted by molar-refractivity contribution is -0.117. The van der Waals surface area contributed by atoms with E-state index in [1.165, 1.54) is 0 Å². The van der Waals surface area contributed by atoms with Gasteiger partial charge in [0.15, 0.2) is 0 Å². The summed E-state index contributed by atoms with van der Waals surface area (Å²) in [5.41, 5.74) is 4.91. The molecule has 3 heteroatoms. The Morgan fingerprint density at radius 3 is 1.92 bits per heavy atom. The third-order valence-corrected chi connectivity index (χ3v) is 3.97. The van der Waals surface area contributed by atoms with E-state index in [2.05, 4.69) is 16.7 Å². The molecule has 2 N–H and O–H groups in total. The Morgan fingerprint density at radius 2 is 1.32 bits per heavy atom. The number of carbonyl (C=O) groups is 1. The first-order chi connectivity index (χ1) is 12.1. The molecule has 0 saturated carbocycles. The number of para-hydroxylation sites is 1. The van der Waals surface area contributed by atoms with Crippen molar-refractivity contribution in [3.05, 3.63) is 95.6 Å². The molecule has 3 nitrogen and oxygen atoms in total. The molecule has 0 aliphatic heterocycles. The van der Waals surface area contributed by atoms with Gasteiger partial charge >= 0.3 is 0 Å². The highest BCUT2D eigenvalue weighted by Crippen LogP contribution is 2.22. The molecule has 0 heterocycles. The molecule has 0 aliphatic rings. The van der Waals surface area contributed by atoms with Gasteiger partial charge in [-0.3, -0.25) is 4.79 Å². The predicted octanol–water partition coefficient (Wildman–Crippen LogP) is 5.10. The molecule has 0 unspecified atom stereocenters. The van der Waals surface area contributed by atoms with Crippen LogP contribution >= 0.6 is 0 Å². The summed E-state index contributed by atoms with van der Waals surface area (Å²) in [5.74, 6) is -0.0833. The first kappa shape index (κ1) is 16.8. The van der Waals surface area contributed by atoms with Crippen molar-refractivity contribution in [2.75, 3.05) is 10.6 Å². The lowest BCUT2D eigenvalue weighted by Crippen LogP contribution is -2.27. The maximum atomic E-state index is 13.0. The van der Waals surface area contributed by atoms with E-state index in [1.54, 1.807) is 0 Å². The second-order valence-corrected chi connectivity index (χ2v) is 6.22. The van der Waals surface area contributed by atoms with Gasteiger partial charge in [0.05, 0.1) is 0 Å². The number of hydrogen-bond acceptors (Lipinski definition) is 2. The molecule has 0 bridgehead atoms. The SMILES string of the molecule is Cc1cc(C)cc(NC(=O)[C@@H](Nc2ccccc2)c2ccccc2)c1. The maximum absolute atomic E-state index is 13.0. The Morgan fingerprint density at radius 1 is 0.760 bits per heavy atom. The molecule has 3 rings (SSSR count). The zero-order chi connectivity index (χ0) is 17.6. The first-order valence-electron chi connectivity index (χ1n) is 8.37. The van der Waals surface area contributed by atoms with Crippen molar-refractivity contribution >= 4 is 17.3 Å². The van der Waals surface area contributed by atoms with E-state index in [4.69, 9.17) is 0 Å². The number of anilines is 2. The molecule has 0 aliphatic carbocycles. The quantitative estimate of drug-likeness (QED) is 0.684. The fourth-order valence-electron chi connectivity index (χ4n) is 2.91. The summed E-state index contributed by atoms with van der Waals surface area (Å²) in [4.78, 5) is 13.0. The summed E-state index contributed by atoms with van der Waals surface area (Å²) in [5, 5.41) is 6.37. The summed E-state index contributed by atoms with van der Waals surface area (Å²) in [6.07, 6.45) is 0. The number of amides is 1. The van der Waals surface area contributed by atoms with Gasteiger partial charge in [0.1, 0.15) is 6.04 Å². The monoisotopic (exact) mass is 330 g/mol. The molecule has 3 aromatic carbocycles. The van der Waals surface area contributed by atoms with Crippen molar-refractivity contribution in [3.8, 4) is 0 Å². The van der Waals surface area contributed by atoms with E-state index >= 15 is 0 Å². The minimum Gasteiger partial charge on any atom is -0.370 e. The highest BCUT2D eigenvalue weighted by molar-refractivity contribution is 5.97. The summed E-state index contributed by atoms with van der Waals surface area (Å²) >= 11 is 0. The van der Waals surface area contributed by atoms with Crippen LogP contribution in [-0.2, 0) is 4.79 Å². The number of aryl methyl sites for hydroxylation is 2. The highest BCUT2D eigenvalue weighted by Gasteiger charge is 2.20. The van der Waals surface area contributed by atoms with Crippen molar-refractivity contribution in [1.29, 1.82) is 0 Å². The van der Waals surface area contributed by atoms with Crippen LogP contribution in [-0.4, -0.2) is 5.91 Å². The van der Waals surface area contributed by atoms with Crippen LogP contribution < -0.4 is 10.6 Å². The Kier molecular flexibility index (Phi) is 5.14. The fraction of sp³-hybridized carbons (Fsp3) is 0.136. The van der Waals surface area contributed by atoms with E-state index < -0.39 is 6.04 Å². The zero-order valence-electron chi connectivity index (χ0n) is 14.5. The van der Waals surface area contributed by atoms with Crippen molar-refractivity contribution in [1.82, 2.24) is 0 Å². The van der Waals surface area contributed by atoms with Crippen LogP contribution in [0.5, 0.6) is 0 Å². The lowest BCUT2D eigenvalue weighted by atomic mass is 10.0. The minimum atomic E-state index is -0.468. The Hall–Kier alpha value is -3.07. The Labute approximate surface area is 148 Å². The van der Waals surface area contributed by atoms with Gasteiger partial charge in [0.2, 0.25) is 0 Å². The third-order valence-electron chi connectivity index (χ3n) is 3.97. The smallest absolute Gasteiger partial charge is 0.251 e. The van der Waals surface area contributed by atoms with Crippen LogP contribution in [0.1, 0.15) is 22.7 Å². The highest BCUT2D eigenvalue weighted by atomic mass is 16.2. The van der Waals surface area contributed by atoms with Crippen molar-refractivity contribution in [2.24, 2.45) is 0 Å².